The highest BCUT2D eigenvalue weighted by Gasteiger charge is 2.19. The molecule has 0 radical (unpaired) electrons. The van der Waals surface area contributed by atoms with Gasteiger partial charge in [0.15, 0.2) is 0 Å². The highest BCUT2D eigenvalue weighted by molar-refractivity contribution is 6.00. The Morgan fingerprint density at radius 2 is 2.11 bits per heavy atom. The number of fused-ring (bicyclic) bond motifs is 1. The van der Waals surface area contributed by atoms with Crippen LogP contribution in [0.1, 0.15) is 11.4 Å². The minimum Gasteiger partial charge on any atom is -0.384 e. The van der Waals surface area contributed by atoms with Gasteiger partial charge in [-0.15, -0.1) is 0 Å². The molecular weight excluding hydrogens is 226 g/mol. The van der Waals surface area contributed by atoms with Crippen molar-refractivity contribution in [3.63, 3.8) is 0 Å². The van der Waals surface area contributed by atoms with Gasteiger partial charge >= 0.3 is 0 Å². The van der Waals surface area contributed by atoms with Crippen molar-refractivity contribution in [1.82, 2.24) is 9.55 Å². The van der Waals surface area contributed by atoms with E-state index < -0.39 is 0 Å². The van der Waals surface area contributed by atoms with E-state index in [9.17, 15) is 0 Å². The summed E-state index contributed by atoms with van der Waals surface area (Å²) in [6.45, 7) is 2.59. The number of benzene rings is 1. The van der Waals surface area contributed by atoms with Crippen molar-refractivity contribution in [3.05, 3.63) is 48.0 Å². The van der Waals surface area contributed by atoms with Gasteiger partial charge in [0.2, 0.25) is 0 Å². The fraction of sp³-hybridized carbons (Fsp3) is 0.231. The maximum atomic E-state index is 7.64. The molecule has 0 amide bonds. The van der Waals surface area contributed by atoms with Gasteiger partial charge in [-0.05, 0) is 12.1 Å². The molecule has 0 fully saturated rings. The van der Waals surface area contributed by atoms with E-state index in [0.717, 1.165) is 36.7 Å². The number of imidazole rings is 1. The van der Waals surface area contributed by atoms with Gasteiger partial charge in [0, 0.05) is 36.7 Å². The quantitative estimate of drug-likeness (QED) is 0.613. The summed E-state index contributed by atoms with van der Waals surface area (Å²) in [5.74, 6) is 1.17. The predicted octanol–water partition coefficient (Wildman–Crippen LogP) is 1.19. The molecule has 0 saturated heterocycles. The second-order valence-electron chi connectivity index (χ2n) is 4.39. The second kappa shape index (κ2) is 4.18. The van der Waals surface area contributed by atoms with Crippen LogP contribution in [0.15, 0.2) is 36.7 Å². The van der Waals surface area contributed by atoms with Gasteiger partial charge in [-0.1, -0.05) is 12.1 Å². The van der Waals surface area contributed by atoms with Crippen LogP contribution >= 0.6 is 0 Å². The molecular formula is C13H15N5. The number of anilines is 1. The fourth-order valence-corrected chi connectivity index (χ4v) is 2.36. The summed E-state index contributed by atoms with van der Waals surface area (Å²) in [7, 11) is 0. The molecule has 1 aromatic carbocycles. The van der Waals surface area contributed by atoms with Gasteiger partial charge in [0.25, 0.3) is 0 Å². The number of nitrogen functional groups attached to an aromatic ring is 1. The first kappa shape index (κ1) is 10.8. The zero-order chi connectivity index (χ0) is 12.5. The highest BCUT2D eigenvalue weighted by atomic mass is 15.2. The first-order chi connectivity index (χ1) is 8.75. The summed E-state index contributed by atoms with van der Waals surface area (Å²) in [6, 6.07) is 7.78. The molecule has 0 aliphatic carbocycles. The van der Waals surface area contributed by atoms with Gasteiger partial charge in [-0.3, -0.25) is 5.41 Å². The third kappa shape index (κ3) is 1.73. The van der Waals surface area contributed by atoms with Gasteiger partial charge in [0.1, 0.15) is 11.7 Å². The molecule has 1 aromatic heterocycles. The summed E-state index contributed by atoms with van der Waals surface area (Å²) >= 11 is 0. The van der Waals surface area contributed by atoms with E-state index in [1.54, 1.807) is 0 Å². The monoisotopic (exact) mass is 241 g/mol. The number of rotatable bonds is 2. The smallest absolute Gasteiger partial charge is 0.128 e. The molecule has 5 heteroatoms. The third-order valence-corrected chi connectivity index (χ3v) is 3.28. The first-order valence-corrected chi connectivity index (χ1v) is 5.94. The Morgan fingerprint density at radius 3 is 2.94 bits per heavy atom. The van der Waals surface area contributed by atoms with E-state index in [1.807, 2.05) is 36.7 Å². The average Bonchev–Trinajstić information content (AvgIpc) is 2.85. The Bertz CT molecular complexity index is 587. The maximum Gasteiger partial charge on any atom is 0.128 e. The molecule has 0 saturated carbocycles. The van der Waals surface area contributed by atoms with Crippen LogP contribution in [-0.4, -0.2) is 21.9 Å². The van der Waals surface area contributed by atoms with Crippen LogP contribution in [0.3, 0.4) is 0 Å². The number of para-hydroxylation sites is 1. The summed E-state index contributed by atoms with van der Waals surface area (Å²) in [5.41, 5.74) is 7.43. The van der Waals surface area contributed by atoms with Crippen molar-refractivity contribution in [3.8, 4) is 0 Å². The zero-order valence-electron chi connectivity index (χ0n) is 10.0. The lowest BCUT2D eigenvalue weighted by atomic mass is 10.1. The molecule has 18 heavy (non-hydrogen) atoms. The Balaban J connectivity index is 1.95. The Morgan fingerprint density at radius 1 is 1.28 bits per heavy atom. The molecule has 5 nitrogen and oxygen atoms in total. The number of amidine groups is 1. The van der Waals surface area contributed by atoms with E-state index in [4.69, 9.17) is 11.1 Å². The topological polar surface area (TPSA) is 70.9 Å². The van der Waals surface area contributed by atoms with Gasteiger partial charge in [-0.25, -0.2) is 4.98 Å². The van der Waals surface area contributed by atoms with Crippen LogP contribution < -0.4 is 10.6 Å². The molecule has 0 bridgehead atoms. The van der Waals surface area contributed by atoms with Crippen LogP contribution in [0.2, 0.25) is 0 Å². The molecule has 1 aliphatic rings. The second-order valence-corrected chi connectivity index (χ2v) is 4.39. The number of hydrogen-bond acceptors (Lipinski definition) is 3. The van der Waals surface area contributed by atoms with Crippen LogP contribution in [0.4, 0.5) is 5.69 Å². The standard InChI is InChI=1S/C13H15N5/c14-13(15)10-3-1-2-4-11(10)18-8-7-17-6-5-16-12(17)9-18/h1-6H,7-9H2,(H3,14,15). The Labute approximate surface area is 105 Å². The number of nitrogens with zero attached hydrogens (tertiary/aromatic N) is 3. The molecule has 0 spiro atoms. The van der Waals surface area contributed by atoms with E-state index >= 15 is 0 Å². The zero-order valence-corrected chi connectivity index (χ0v) is 10.0. The van der Waals surface area contributed by atoms with E-state index in [2.05, 4.69) is 14.5 Å². The van der Waals surface area contributed by atoms with Crippen LogP contribution in [-0.2, 0) is 13.1 Å². The normalized spacial score (nSPS) is 14.3. The van der Waals surface area contributed by atoms with E-state index in [1.165, 1.54) is 0 Å². The number of nitrogens with one attached hydrogen (secondary N) is 1. The average molecular weight is 241 g/mol. The molecule has 3 N–H and O–H groups in total. The Hall–Kier alpha value is -2.30. The number of aromatic nitrogens is 2. The summed E-state index contributed by atoms with van der Waals surface area (Å²) < 4.78 is 2.16. The SMILES string of the molecule is N=C(N)c1ccccc1N1CCn2ccnc2C1. The maximum absolute atomic E-state index is 7.64. The largest absolute Gasteiger partial charge is 0.384 e. The van der Waals surface area contributed by atoms with Crippen LogP contribution in [0.5, 0.6) is 0 Å². The lowest BCUT2D eigenvalue weighted by Gasteiger charge is -2.30. The van der Waals surface area contributed by atoms with Crippen molar-refractivity contribution in [2.75, 3.05) is 11.4 Å². The summed E-state index contributed by atoms with van der Waals surface area (Å²) in [6.07, 6.45) is 3.83. The van der Waals surface area contributed by atoms with Crippen molar-refractivity contribution in [2.24, 2.45) is 5.73 Å². The van der Waals surface area contributed by atoms with Gasteiger partial charge in [-0.2, -0.15) is 0 Å². The highest BCUT2D eigenvalue weighted by Crippen LogP contribution is 2.23. The van der Waals surface area contributed by atoms with Gasteiger partial charge in [0.05, 0.1) is 6.54 Å². The summed E-state index contributed by atoms with van der Waals surface area (Å²) in [4.78, 5) is 6.56. The minimum absolute atomic E-state index is 0.111. The molecule has 0 unspecified atom stereocenters. The molecule has 0 atom stereocenters. The number of nitrogens with two attached hydrogens (primary N) is 1. The summed E-state index contributed by atoms with van der Waals surface area (Å²) in [5, 5.41) is 7.64. The van der Waals surface area contributed by atoms with E-state index in [-0.39, 0.29) is 5.84 Å². The Kier molecular flexibility index (Phi) is 2.51. The van der Waals surface area contributed by atoms with Crippen molar-refractivity contribution in [2.45, 2.75) is 13.1 Å². The van der Waals surface area contributed by atoms with Crippen molar-refractivity contribution < 1.29 is 0 Å². The van der Waals surface area contributed by atoms with Gasteiger partial charge < -0.3 is 15.2 Å². The van der Waals surface area contributed by atoms with Crippen molar-refractivity contribution in [1.29, 1.82) is 5.41 Å². The molecule has 92 valence electrons. The van der Waals surface area contributed by atoms with Crippen LogP contribution in [0, 0.1) is 5.41 Å². The van der Waals surface area contributed by atoms with Crippen LogP contribution in [0.25, 0.3) is 0 Å². The van der Waals surface area contributed by atoms with E-state index in [0.29, 0.717) is 0 Å². The number of hydrogen-bond donors (Lipinski definition) is 2. The molecule has 2 aromatic rings. The molecule has 1 aliphatic heterocycles. The minimum atomic E-state index is 0.111. The third-order valence-electron chi connectivity index (χ3n) is 3.28. The molecule has 3 rings (SSSR count). The molecule has 2 heterocycles. The predicted molar refractivity (Wildman–Crippen MR) is 70.7 cm³/mol. The lowest BCUT2D eigenvalue weighted by molar-refractivity contribution is 0.560. The van der Waals surface area contributed by atoms with Crippen molar-refractivity contribution >= 4 is 11.5 Å². The first-order valence-electron chi connectivity index (χ1n) is 5.94. The fourth-order valence-electron chi connectivity index (χ4n) is 2.36. The lowest BCUT2D eigenvalue weighted by Crippen LogP contribution is -2.35.